The van der Waals surface area contributed by atoms with Gasteiger partial charge in [0.1, 0.15) is 0 Å². The number of nitrogens with one attached hydrogen (secondary N) is 2. The summed E-state index contributed by atoms with van der Waals surface area (Å²) in [6.07, 6.45) is -5.04. The summed E-state index contributed by atoms with van der Waals surface area (Å²) >= 11 is 0. The summed E-state index contributed by atoms with van der Waals surface area (Å²) in [5.41, 5.74) is -3.03. The second-order valence-corrected chi connectivity index (χ2v) is 5.23. The van der Waals surface area contributed by atoms with Crippen molar-refractivity contribution in [2.45, 2.75) is 36.6 Å². The Morgan fingerprint density at radius 2 is 1.84 bits per heavy atom. The summed E-state index contributed by atoms with van der Waals surface area (Å²) < 4.78 is 43.4. The van der Waals surface area contributed by atoms with E-state index in [4.69, 9.17) is 4.74 Å². The number of rotatable bonds is 2. The second kappa shape index (κ2) is 4.92. The van der Waals surface area contributed by atoms with E-state index >= 15 is 0 Å². The summed E-state index contributed by atoms with van der Waals surface area (Å²) in [6.45, 7) is 1.30. The van der Waals surface area contributed by atoms with E-state index < -0.39 is 29.8 Å². The number of morpholine rings is 1. The number of piperidine rings is 1. The lowest BCUT2D eigenvalue weighted by Gasteiger charge is -2.48. The Balaban J connectivity index is 2.21. The molecule has 110 valence electrons. The van der Waals surface area contributed by atoms with Crippen molar-refractivity contribution in [2.75, 3.05) is 26.2 Å². The second-order valence-electron chi connectivity index (χ2n) is 5.23. The Morgan fingerprint density at radius 3 is 2.37 bits per heavy atom. The van der Waals surface area contributed by atoms with E-state index in [0.29, 0.717) is 32.5 Å². The first-order chi connectivity index (χ1) is 8.77. The van der Waals surface area contributed by atoms with Crippen LogP contribution in [0.25, 0.3) is 0 Å². The molecule has 5 nitrogen and oxygen atoms in total. The maximum absolute atomic E-state index is 12.6. The van der Waals surface area contributed by atoms with Gasteiger partial charge in [0, 0.05) is 13.1 Å². The van der Waals surface area contributed by atoms with Gasteiger partial charge in [0.15, 0.2) is 5.60 Å². The topological polar surface area (TPSA) is 70.6 Å². The molecule has 8 heteroatoms. The Labute approximate surface area is 108 Å². The predicted molar refractivity (Wildman–Crippen MR) is 59.8 cm³/mol. The molecule has 3 N–H and O–H groups in total. The van der Waals surface area contributed by atoms with Crippen LogP contribution in [0.1, 0.15) is 19.3 Å². The molecule has 0 aliphatic carbocycles. The van der Waals surface area contributed by atoms with E-state index in [0.717, 1.165) is 0 Å². The van der Waals surface area contributed by atoms with Crippen LogP contribution in [0.5, 0.6) is 0 Å². The van der Waals surface area contributed by atoms with E-state index in [-0.39, 0.29) is 6.54 Å². The Kier molecular flexibility index (Phi) is 3.76. The van der Waals surface area contributed by atoms with Gasteiger partial charge in [-0.25, -0.2) is 4.79 Å². The predicted octanol–water partition coefficient (Wildman–Crippen LogP) is 0.504. The molecule has 1 unspecified atom stereocenters. The average molecular weight is 282 g/mol. The molecule has 0 aromatic heterocycles. The summed E-state index contributed by atoms with van der Waals surface area (Å²) in [6, 6.07) is 0. The van der Waals surface area contributed by atoms with Crippen LogP contribution >= 0.6 is 0 Å². The SMILES string of the molecule is O=C(O)C1(CC(F)(F)F)CNCC2(CCNCC2)O1. The molecule has 2 saturated heterocycles. The fraction of sp³-hybridized carbons (Fsp3) is 0.909. The fourth-order valence-corrected chi connectivity index (χ4v) is 2.76. The van der Waals surface area contributed by atoms with Crippen molar-refractivity contribution >= 4 is 5.97 Å². The average Bonchev–Trinajstić information content (AvgIpc) is 2.27. The third-order valence-electron chi connectivity index (χ3n) is 3.66. The fourth-order valence-electron chi connectivity index (χ4n) is 2.76. The van der Waals surface area contributed by atoms with Gasteiger partial charge in [-0.1, -0.05) is 0 Å². The van der Waals surface area contributed by atoms with Crippen LogP contribution in [0.3, 0.4) is 0 Å². The quantitative estimate of drug-likeness (QED) is 0.688. The van der Waals surface area contributed by atoms with Gasteiger partial charge in [-0.05, 0) is 25.9 Å². The molecule has 0 amide bonds. The van der Waals surface area contributed by atoms with Crippen LogP contribution in [-0.4, -0.2) is 54.6 Å². The number of aliphatic carboxylic acids is 1. The Hall–Kier alpha value is -0.860. The van der Waals surface area contributed by atoms with E-state index in [1.165, 1.54) is 0 Å². The van der Waals surface area contributed by atoms with Gasteiger partial charge in [-0.3, -0.25) is 0 Å². The number of halogens is 3. The third-order valence-corrected chi connectivity index (χ3v) is 3.66. The number of carbonyl (C=O) groups is 1. The highest BCUT2D eigenvalue weighted by Crippen LogP contribution is 2.38. The first kappa shape index (κ1) is 14.5. The number of carboxylic acids is 1. The van der Waals surface area contributed by atoms with Gasteiger partial charge in [0.05, 0.1) is 12.0 Å². The number of carboxylic acid groups (broad SMARTS) is 1. The zero-order valence-corrected chi connectivity index (χ0v) is 10.3. The zero-order valence-electron chi connectivity index (χ0n) is 10.3. The molecule has 0 aromatic rings. The van der Waals surface area contributed by atoms with Crippen LogP contribution in [0.2, 0.25) is 0 Å². The molecule has 0 radical (unpaired) electrons. The summed E-state index contributed by atoms with van der Waals surface area (Å²) in [5, 5.41) is 15.1. The van der Waals surface area contributed by atoms with Crippen LogP contribution in [0.15, 0.2) is 0 Å². The van der Waals surface area contributed by atoms with Gasteiger partial charge in [0.25, 0.3) is 0 Å². The lowest BCUT2D eigenvalue weighted by molar-refractivity contribution is -0.245. The minimum Gasteiger partial charge on any atom is -0.479 e. The molecule has 19 heavy (non-hydrogen) atoms. The molecule has 1 atom stereocenters. The number of ether oxygens (including phenoxy) is 1. The van der Waals surface area contributed by atoms with Crippen molar-refractivity contribution in [2.24, 2.45) is 0 Å². The van der Waals surface area contributed by atoms with Crippen LogP contribution in [0.4, 0.5) is 13.2 Å². The molecule has 2 fully saturated rings. The Bertz CT molecular complexity index is 350. The number of hydrogen-bond donors (Lipinski definition) is 3. The zero-order chi connectivity index (χ0) is 14.1. The first-order valence-corrected chi connectivity index (χ1v) is 6.19. The molecular weight excluding hydrogens is 265 g/mol. The van der Waals surface area contributed by atoms with E-state index in [2.05, 4.69) is 10.6 Å². The molecule has 1 spiro atoms. The van der Waals surface area contributed by atoms with Gasteiger partial charge in [-0.2, -0.15) is 13.2 Å². The van der Waals surface area contributed by atoms with Crippen LogP contribution < -0.4 is 10.6 Å². The van der Waals surface area contributed by atoms with Gasteiger partial charge in [-0.15, -0.1) is 0 Å². The molecule has 2 aliphatic rings. The minimum atomic E-state index is -4.58. The lowest BCUT2D eigenvalue weighted by Crippen LogP contribution is -2.66. The van der Waals surface area contributed by atoms with Gasteiger partial charge < -0.3 is 20.5 Å². The van der Waals surface area contributed by atoms with Crippen molar-refractivity contribution in [3.8, 4) is 0 Å². The van der Waals surface area contributed by atoms with E-state index in [1.807, 2.05) is 0 Å². The molecule has 2 rings (SSSR count). The smallest absolute Gasteiger partial charge is 0.392 e. The van der Waals surface area contributed by atoms with Gasteiger partial charge in [0.2, 0.25) is 0 Å². The van der Waals surface area contributed by atoms with Crippen molar-refractivity contribution < 1.29 is 27.8 Å². The highest BCUT2D eigenvalue weighted by Gasteiger charge is 2.55. The maximum atomic E-state index is 12.6. The highest BCUT2D eigenvalue weighted by atomic mass is 19.4. The van der Waals surface area contributed by atoms with E-state index in [1.54, 1.807) is 0 Å². The van der Waals surface area contributed by atoms with Crippen LogP contribution in [0, 0.1) is 0 Å². The standard InChI is InChI=1S/C11H17F3N2O3/c12-11(13,14)5-10(8(17)18)7-16-6-9(19-10)1-3-15-4-2-9/h15-16H,1-7H2,(H,17,18). The van der Waals surface area contributed by atoms with Crippen molar-refractivity contribution in [3.05, 3.63) is 0 Å². The summed E-state index contributed by atoms with van der Waals surface area (Å²) in [7, 11) is 0. The molecule has 0 bridgehead atoms. The monoisotopic (exact) mass is 282 g/mol. The van der Waals surface area contributed by atoms with Crippen molar-refractivity contribution in [1.29, 1.82) is 0 Å². The lowest BCUT2D eigenvalue weighted by atomic mass is 9.86. The molecule has 2 aliphatic heterocycles. The van der Waals surface area contributed by atoms with Crippen LogP contribution in [-0.2, 0) is 9.53 Å². The molecular formula is C11H17F3N2O3. The van der Waals surface area contributed by atoms with Gasteiger partial charge >= 0.3 is 12.1 Å². The van der Waals surface area contributed by atoms with Crippen molar-refractivity contribution in [3.63, 3.8) is 0 Å². The normalized spacial score (nSPS) is 31.3. The van der Waals surface area contributed by atoms with E-state index in [9.17, 15) is 23.1 Å². The largest absolute Gasteiger partial charge is 0.479 e. The molecule has 0 aromatic carbocycles. The summed E-state index contributed by atoms with van der Waals surface area (Å²) in [5.74, 6) is -1.56. The number of alkyl halides is 3. The summed E-state index contributed by atoms with van der Waals surface area (Å²) in [4.78, 5) is 11.3. The number of hydrogen-bond acceptors (Lipinski definition) is 4. The molecule has 0 saturated carbocycles. The Morgan fingerprint density at radius 1 is 1.21 bits per heavy atom. The van der Waals surface area contributed by atoms with Crippen molar-refractivity contribution in [1.82, 2.24) is 10.6 Å². The molecule has 2 heterocycles. The highest BCUT2D eigenvalue weighted by molar-refractivity contribution is 5.78. The minimum absolute atomic E-state index is 0.322. The first-order valence-electron chi connectivity index (χ1n) is 6.19. The maximum Gasteiger partial charge on any atom is 0.392 e. The third kappa shape index (κ3) is 3.18.